The summed E-state index contributed by atoms with van der Waals surface area (Å²) < 4.78 is 0. The molecule has 0 saturated carbocycles. The highest BCUT2D eigenvalue weighted by atomic mass is 16.2. The molecule has 0 saturated heterocycles. The highest BCUT2D eigenvalue weighted by molar-refractivity contribution is 5.80. The molecule has 0 bridgehead atoms. The molecule has 0 fully saturated rings. The molecule has 0 aliphatic carbocycles. The number of nitrogens with zero attached hydrogens (tertiary/aromatic N) is 1. The van der Waals surface area contributed by atoms with E-state index in [2.05, 4.69) is 34.6 Å². The van der Waals surface area contributed by atoms with Gasteiger partial charge in [-0.2, -0.15) is 0 Å². The Morgan fingerprint density at radius 1 is 1.26 bits per heavy atom. The van der Waals surface area contributed by atoms with Gasteiger partial charge in [0, 0.05) is 31.3 Å². The van der Waals surface area contributed by atoms with Crippen LogP contribution >= 0.6 is 0 Å². The van der Waals surface area contributed by atoms with E-state index in [4.69, 9.17) is 0 Å². The van der Waals surface area contributed by atoms with E-state index < -0.39 is 0 Å². The van der Waals surface area contributed by atoms with Gasteiger partial charge in [0.2, 0.25) is 0 Å². The summed E-state index contributed by atoms with van der Waals surface area (Å²) >= 11 is 0. The SMILES string of the molecule is CCN(CC)C(=O)NCCc1ccc2[nH]ccc2c1. The van der Waals surface area contributed by atoms with Gasteiger partial charge < -0.3 is 15.2 Å². The number of hydrogen-bond donors (Lipinski definition) is 2. The van der Waals surface area contributed by atoms with E-state index in [-0.39, 0.29) is 6.03 Å². The summed E-state index contributed by atoms with van der Waals surface area (Å²) in [5.74, 6) is 0. The van der Waals surface area contributed by atoms with Crippen LogP contribution < -0.4 is 5.32 Å². The van der Waals surface area contributed by atoms with Crippen LogP contribution in [-0.4, -0.2) is 35.5 Å². The molecular formula is C15H21N3O. The first-order valence-electron chi connectivity index (χ1n) is 6.83. The lowest BCUT2D eigenvalue weighted by Gasteiger charge is -2.19. The largest absolute Gasteiger partial charge is 0.361 e. The summed E-state index contributed by atoms with van der Waals surface area (Å²) in [6.07, 6.45) is 2.80. The van der Waals surface area contributed by atoms with Crippen molar-refractivity contribution < 1.29 is 4.79 Å². The fourth-order valence-corrected chi connectivity index (χ4v) is 2.19. The van der Waals surface area contributed by atoms with E-state index >= 15 is 0 Å². The Labute approximate surface area is 113 Å². The van der Waals surface area contributed by atoms with Gasteiger partial charge >= 0.3 is 6.03 Å². The number of aromatic nitrogens is 1. The van der Waals surface area contributed by atoms with E-state index in [1.165, 1.54) is 10.9 Å². The summed E-state index contributed by atoms with van der Waals surface area (Å²) in [5.41, 5.74) is 2.39. The highest BCUT2D eigenvalue weighted by Crippen LogP contribution is 2.14. The van der Waals surface area contributed by atoms with Gasteiger partial charge in [0.1, 0.15) is 0 Å². The molecule has 2 rings (SSSR count). The molecule has 4 nitrogen and oxygen atoms in total. The molecule has 19 heavy (non-hydrogen) atoms. The molecule has 2 N–H and O–H groups in total. The molecule has 0 aliphatic rings. The Hall–Kier alpha value is -1.97. The Balaban J connectivity index is 1.86. The number of carbonyl (C=O) groups is 1. The monoisotopic (exact) mass is 259 g/mol. The van der Waals surface area contributed by atoms with Crippen molar-refractivity contribution in [2.24, 2.45) is 0 Å². The van der Waals surface area contributed by atoms with E-state index in [9.17, 15) is 4.79 Å². The standard InChI is InChI=1S/C15H21N3O/c1-3-18(4-2)15(19)17-9-7-12-5-6-14-13(11-12)8-10-16-14/h5-6,8,10-11,16H,3-4,7,9H2,1-2H3,(H,17,19). The molecule has 0 radical (unpaired) electrons. The maximum atomic E-state index is 11.8. The van der Waals surface area contributed by atoms with Crippen molar-refractivity contribution >= 4 is 16.9 Å². The van der Waals surface area contributed by atoms with Crippen molar-refractivity contribution in [2.45, 2.75) is 20.3 Å². The topological polar surface area (TPSA) is 48.1 Å². The first-order valence-corrected chi connectivity index (χ1v) is 6.83. The fraction of sp³-hybridized carbons (Fsp3) is 0.400. The zero-order valence-electron chi connectivity index (χ0n) is 11.6. The third kappa shape index (κ3) is 3.28. The van der Waals surface area contributed by atoms with Crippen LogP contribution in [0, 0.1) is 0 Å². The molecule has 0 aliphatic heterocycles. The summed E-state index contributed by atoms with van der Waals surface area (Å²) in [4.78, 5) is 16.7. The zero-order chi connectivity index (χ0) is 13.7. The minimum atomic E-state index is 0.0210. The second kappa shape index (κ2) is 6.27. The molecule has 0 atom stereocenters. The first-order chi connectivity index (χ1) is 9.24. The fourth-order valence-electron chi connectivity index (χ4n) is 2.19. The third-order valence-electron chi connectivity index (χ3n) is 3.36. The van der Waals surface area contributed by atoms with E-state index in [1.807, 2.05) is 20.0 Å². The predicted molar refractivity (Wildman–Crippen MR) is 78.3 cm³/mol. The van der Waals surface area contributed by atoms with Crippen molar-refractivity contribution in [1.82, 2.24) is 15.2 Å². The van der Waals surface area contributed by atoms with Gasteiger partial charge in [0.25, 0.3) is 0 Å². The number of nitrogens with one attached hydrogen (secondary N) is 2. The third-order valence-corrected chi connectivity index (χ3v) is 3.36. The van der Waals surface area contributed by atoms with Gasteiger partial charge in [0.15, 0.2) is 0 Å². The lowest BCUT2D eigenvalue weighted by molar-refractivity contribution is 0.203. The molecule has 0 unspecified atom stereocenters. The number of fused-ring (bicyclic) bond motifs is 1. The summed E-state index contributed by atoms with van der Waals surface area (Å²) in [5, 5.41) is 4.17. The lowest BCUT2D eigenvalue weighted by atomic mass is 10.1. The van der Waals surface area contributed by atoms with Crippen molar-refractivity contribution in [3.8, 4) is 0 Å². The number of H-pyrrole nitrogens is 1. The first kappa shape index (κ1) is 13.5. The summed E-state index contributed by atoms with van der Waals surface area (Å²) in [6, 6.07) is 8.43. The van der Waals surface area contributed by atoms with Crippen LogP contribution in [0.5, 0.6) is 0 Å². The minimum Gasteiger partial charge on any atom is -0.361 e. The molecular weight excluding hydrogens is 238 g/mol. The van der Waals surface area contributed by atoms with E-state index in [0.717, 1.165) is 25.0 Å². The second-order valence-electron chi connectivity index (χ2n) is 4.55. The van der Waals surface area contributed by atoms with Gasteiger partial charge in [-0.25, -0.2) is 4.79 Å². The Morgan fingerprint density at radius 3 is 2.79 bits per heavy atom. The normalized spacial score (nSPS) is 10.6. The average Bonchev–Trinajstić information content (AvgIpc) is 2.87. The molecule has 2 amide bonds. The number of benzene rings is 1. The van der Waals surface area contributed by atoms with Crippen LogP contribution in [0.3, 0.4) is 0 Å². The number of aromatic amines is 1. The number of urea groups is 1. The molecule has 0 spiro atoms. The van der Waals surface area contributed by atoms with Gasteiger partial charge in [-0.1, -0.05) is 6.07 Å². The summed E-state index contributed by atoms with van der Waals surface area (Å²) in [7, 11) is 0. The van der Waals surface area contributed by atoms with Crippen LogP contribution in [-0.2, 0) is 6.42 Å². The van der Waals surface area contributed by atoms with Crippen LogP contribution in [0.1, 0.15) is 19.4 Å². The molecule has 2 aromatic rings. The summed E-state index contributed by atoms with van der Waals surface area (Å²) in [6.45, 7) is 6.15. The zero-order valence-corrected chi connectivity index (χ0v) is 11.6. The highest BCUT2D eigenvalue weighted by Gasteiger charge is 2.07. The maximum absolute atomic E-state index is 11.8. The Morgan fingerprint density at radius 2 is 2.05 bits per heavy atom. The lowest BCUT2D eigenvalue weighted by Crippen LogP contribution is -2.40. The predicted octanol–water partition coefficient (Wildman–Crippen LogP) is 2.76. The van der Waals surface area contributed by atoms with Crippen LogP contribution in [0.15, 0.2) is 30.5 Å². The number of rotatable bonds is 5. The minimum absolute atomic E-state index is 0.0210. The van der Waals surface area contributed by atoms with Crippen LogP contribution in [0.4, 0.5) is 4.79 Å². The molecule has 4 heteroatoms. The van der Waals surface area contributed by atoms with Gasteiger partial charge in [-0.05, 0) is 49.4 Å². The smallest absolute Gasteiger partial charge is 0.317 e. The van der Waals surface area contributed by atoms with Gasteiger partial charge in [-0.15, -0.1) is 0 Å². The number of carbonyl (C=O) groups excluding carboxylic acids is 1. The average molecular weight is 259 g/mol. The van der Waals surface area contributed by atoms with Crippen molar-refractivity contribution in [3.63, 3.8) is 0 Å². The van der Waals surface area contributed by atoms with Gasteiger partial charge in [0.05, 0.1) is 0 Å². The van der Waals surface area contributed by atoms with Crippen molar-refractivity contribution in [2.75, 3.05) is 19.6 Å². The number of amides is 2. The molecule has 102 valence electrons. The quantitative estimate of drug-likeness (QED) is 0.852. The van der Waals surface area contributed by atoms with Gasteiger partial charge in [-0.3, -0.25) is 0 Å². The van der Waals surface area contributed by atoms with Crippen molar-refractivity contribution in [3.05, 3.63) is 36.0 Å². The Kier molecular flexibility index (Phi) is 4.44. The Bertz CT molecular complexity index is 543. The van der Waals surface area contributed by atoms with Crippen LogP contribution in [0.2, 0.25) is 0 Å². The van der Waals surface area contributed by atoms with Crippen LogP contribution in [0.25, 0.3) is 10.9 Å². The number of hydrogen-bond acceptors (Lipinski definition) is 1. The molecule has 1 heterocycles. The molecule has 1 aromatic carbocycles. The molecule has 1 aromatic heterocycles. The van der Waals surface area contributed by atoms with Crippen molar-refractivity contribution in [1.29, 1.82) is 0 Å². The van der Waals surface area contributed by atoms with E-state index in [0.29, 0.717) is 6.54 Å². The second-order valence-corrected chi connectivity index (χ2v) is 4.55. The van der Waals surface area contributed by atoms with E-state index in [1.54, 1.807) is 4.90 Å². The maximum Gasteiger partial charge on any atom is 0.317 e.